The molecule has 3 heteroatoms. The van der Waals surface area contributed by atoms with Gasteiger partial charge in [0, 0.05) is 11.4 Å². The molecule has 4 N–H and O–H groups in total. The number of ether oxygens (including phenoxy) is 1. The van der Waals surface area contributed by atoms with E-state index in [2.05, 4.69) is 0 Å². The Hall–Kier alpha value is -2.16. The van der Waals surface area contributed by atoms with Gasteiger partial charge in [-0.15, -0.1) is 0 Å². The highest BCUT2D eigenvalue weighted by atomic mass is 16.5. The largest absolute Gasteiger partial charge is 0.497 e. The Balaban J connectivity index is 2.28. The van der Waals surface area contributed by atoms with Crippen molar-refractivity contribution in [3.8, 4) is 0 Å². The second-order valence-corrected chi connectivity index (χ2v) is 3.68. The van der Waals surface area contributed by atoms with Crippen LogP contribution in [0, 0.1) is 0 Å². The van der Waals surface area contributed by atoms with Gasteiger partial charge < -0.3 is 16.2 Å². The minimum atomic E-state index is 0.538. The van der Waals surface area contributed by atoms with Crippen LogP contribution >= 0.6 is 0 Å². The van der Waals surface area contributed by atoms with Crippen LogP contribution in [-0.2, 0) is 11.3 Å². The van der Waals surface area contributed by atoms with E-state index in [0.717, 1.165) is 16.9 Å². The molecule has 0 amide bonds. The quantitative estimate of drug-likeness (QED) is 0.464. The van der Waals surface area contributed by atoms with Gasteiger partial charge in [-0.25, -0.2) is 0 Å². The molecule has 0 bridgehead atoms. The van der Waals surface area contributed by atoms with E-state index in [4.69, 9.17) is 16.2 Å². The molecule has 0 aliphatic carbocycles. The number of benzene rings is 1. The molecule has 0 saturated carbocycles. The summed E-state index contributed by atoms with van der Waals surface area (Å²) in [7, 11) is 0. The predicted molar refractivity (Wildman–Crippen MR) is 71.9 cm³/mol. The van der Waals surface area contributed by atoms with Crippen LogP contribution in [-0.4, -0.2) is 0 Å². The Morgan fingerprint density at radius 2 is 1.88 bits per heavy atom. The van der Waals surface area contributed by atoms with Crippen LogP contribution in [0.2, 0.25) is 0 Å². The van der Waals surface area contributed by atoms with Gasteiger partial charge in [-0.1, -0.05) is 24.3 Å². The van der Waals surface area contributed by atoms with Gasteiger partial charge in [0.15, 0.2) is 0 Å². The summed E-state index contributed by atoms with van der Waals surface area (Å²) in [4.78, 5) is 0. The van der Waals surface area contributed by atoms with E-state index in [9.17, 15) is 0 Å². The van der Waals surface area contributed by atoms with Crippen LogP contribution in [0.25, 0.3) is 0 Å². The van der Waals surface area contributed by atoms with E-state index in [-0.39, 0.29) is 0 Å². The molecule has 0 atom stereocenters. The van der Waals surface area contributed by atoms with Crippen molar-refractivity contribution in [3.05, 3.63) is 66.1 Å². The Bertz CT molecular complexity index is 412. The van der Waals surface area contributed by atoms with Gasteiger partial charge in [0.2, 0.25) is 0 Å². The lowest BCUT2D eigenvalue weighted by molar-refractivity contribution is 0.236. The Kier molecular flexibility index (Phi) is 5.44. The summed E-state index contributed by atoms with van der Waals surface area (Å²) in [5.41, 5.74) is 13.7. The maximum absolute atomic E-state index is 5.58. The first-order valence-corrected chi connectivity index (χ1v) is 5.40. The summed E-state index contributed by atoms with van der Waals surface area (Å²) in [5, 5.41) is 0. The van der Waals surface area contributed by atoms with Crippen molar-refractivity contribution < 1.29 is 4.74 Å². The highest BCUT2D eigenvalue weighted by Gasteiger charge is 1.90. The average molecular weight is 230 g/mol. The molecule has 17 heavy (non-hydrogen) atoms. The number of rotatable bonds is 5. The lowest BCUT2D eigenvalue weighted by Crippen LogP contribution is -1.88. The molecular weight excluding hydrogens is 212 g/mol. The van der Waals surface area contributed by atoms with E-state index >= 15 is 0 Å². The zero-order chi connectivity index (χ0) is 12.5. The normalized spacial score (nSPS) is 12.4. The fourth-order valence-corrected chi connectivity index (χ4v) is 1.13. The summed E-state index contributed by atoms with van der Waals surface area (Å²) in [6.45, 7) is 2.38. The first-order valence-electron chi connectivity index (χ1n) is 5.40. The van der Waals surface area contributed by atoms with Crippen molar-refractivity contribution in [2.24, 2.45) is 5.73 Å². The van der Waals surface area contributed by atoms with Crippen LogP contribution in [0.5, 0.6) is 0 Å². The lowest BCUT2D eigenvalue weighted by Gasteiger charge is -2.00. The van der Waals surface area contributed by atoms with Crippen molar-refractivity contribution in [2.75, 3.05) is 5.73 Å². The minimum absolute atomic E-state index is 0.538. The molecule has 90 valence electrons. The Morgan fingerprint density at radius 1 is 1.18 bits per heavy atom. The van der Waals surface area contributed by atoms with Gasteiger partial charge in [0.1, 0.15) is 6.61 Å². The highest BCUT2D eigenvalue weighted by Crippen LogP contribution is 2.06. The first kappa shape index (κ1) is 12.9. The number of hydrogen-bond donors (Lipinski definition) is 2. The van der Waals surface area contributed by atoms with Crippen LogP contribution in [0.15, 0.2) is 60.5 Å². The van der Waals surface area contributed by atoms with Crippen molar-refractivity contribution in [1.82, 2.24) is 0 Å². The summed E-state index contributed by atoms with van der Waals surface area (Å²) >= 11 is 0. The second kappa shape index (κ2) is 7.17. The third-order valence-corrected chi connectivity index (χ3v) is 1.99. The van der Waals surface area contributed by atoms with E-state index in [1.54, 1.807) is 6.26 Å². The maximum atomic E-state index is 5.58. The smallest absolute Gasteiger partial charge is 0.112 e. The van der Waals surface area contributed by atoms with Crippen molar-refractivity contribution in [1.29, 1.82) is 0 Å². The monoisotopic (exact) mass is 230 g/mol. The fourth-order valence-electron chi connectivity index (χ4n) is 1.13. The van der Waals surface area contributed by atoms with E-state index in [1.807, 2.05) is 55.5 Å². The van der Waals surface area contributed by atoms with Gasteiger partial charge in [0.05, 0.1) is 6.26 Å². The van der Waals surface area contributed by atoms with Crippen molar-refractivity contribution in [2.45, 2.75) is 13.5 Å². The summed E-state index contributed by atoms with van der Waals surface area (Å²) in [6, 6.07) is 7.60. The van der Waals surface area contributed by atoms with Gasteiger partial charge in [-0.3, -0.25) is 0 Å². The number of anilines is 1. The zero-order valence-electron chi connectivity index (χ0n) is 9.97. The highest BCUT2D eigenvalue weighted by molar-refractivity contribution is 5.39. The standard InChI is InChI=1S/C14H18N2O/c1-12(15)5-3-2-4-10-17-11-13-6-8-14(16)9-7-13/h2-10H,11,15-16H2,1H3/b3-2-,10-4+,12-5+. The summed E-state index contributed by atoms with van der Waals surface area (Å²) in [5.74, 6) is 0. The molecule has 3 nitrogen and oxygen atoms in total. The molecule has 0 aromatic heterocycles. The van der Waals surface area contributed by atoms with Crippen LogP contribution in [0.4, 0.5) is 5.69 Å². The van der Waals surface area contributed by atoms with Crippen molar-refractivity contribution in [3.63, 3.8) is 0 Å². The first-order chi connectivity index (χ1) is 8.18. The SMILES string of the molecule is C\C(N)=C/C=C\C=C\OCc1ccc(N)cc1. The lowest BCUT2D eigenvalue weighted by atomic mass is 10.2. The maximum Gasteiger partial charge on any atom is 0.112 e. The Labute approximate surface area is 102 Å². The van der Waals surface area contributed by atoms with Gasteiger partial charge in [-0.2, -0.15) is 0 Å². The van der Waals surface area contributed by atoms with Gasteiger partial charge >= 0.3 is 0 Å². The number of nitrogens with two attached hydrogens (primary N) is 2. The average Bonchev–Trinajstić information content (AvgIpc) is 2.30. The van der Waals surface area contributed by atoms with Crippen LogP contribution in [0.3, 0.4) is 0 Å². The van der Waals surface area contributed by atoms with E-state index in [1.165, 1.54) is 0 Å². The molecular formula is C14H18N2O. The van der Waals surface area contributed by atoms with Gasteiger partial charge in [0.25, 0.3) is 0 Å². The molecule has 0 unspecified atom stereocenters. The molecule has 0 aliphatic rings. The zero-order valence-corrected chi connectivity index (χ0v) is 9.97. The third-order valence-electron chi connectivity index (χ3n) is 1.99. The second-order valence-electron chi connectivity index (χ2n) is 3.68. The van der Waals surface area contributed by atoms with Gasteiger partial charge in [-0.05, 0) is 36.8 Å². The van der Waals surface area contributed by atoms with E-state index < -0.39 is 0 Å². The number of allylic oxidation sites excluding steroid dienone is 5. The predicted octanol–water partition coefficient (Wildman–Crippen LogP) is 2.72. The molecule has 0 saturated heterocycles. The van der Waals surface area contributed by atoms with Crippen molar-refractivity contribution >= 4 is 5.69 Å². The molecule has 1 aromatic carbocycles. The third kappa shape index (κ3) is 6.10. The Morgan fingerprint density at radius 3 is 2.53 bits per heavy atom. The summed E-state index contributed by atoms with van der Waals surface area (Å²) < 4.78 is 5.34. The molecule has 1 rings (SSSR count). The molecule has 0 radical (unpaired) electrons. The molecule has 1 aromatic rings. The molecule has 0 heterocycles. The molecule has 0 spiro atoms. The number of nitrogen functional groups attached to an aromatic ring is 1. The summed E-state index contributed by atoms with van der Waals surface area (Å²) in [6.07, 6.45) is 9.01. The molecule has 0 aliphatic heterocycles. The fraction of sp³-hybridized carbons (Fsp3) is 0.143. The van der Waals surface area contributed by atoms with Crippen LogP contribution in [0.1, 0.15) is 12.5 Å². The number of hydrogen-bond acceptors (Lipinski definition) is 3. The topological polar surface area (TPSA) is 61.3 Å². The van der Waals surface area contributed by atoms with Crippen LogP contribution < -0.4 is 11.5 Å². The van der Waals surface area contributed by atoms with E-state index in [0.29, 0.717) is 6.61 Å². The minimum Gasteiger partial charge on any atom is -0.497 e. The molecule has 0 fully saturated rings.